The highest BCUT2D eigenvalue weighted by molar-refractivity contribution is 5.56. The maximum Gasteiger partial charge on any atom is 0.231 e. The lowest BCUT2D eigenvalue weighted by Crippen LogP contribution is -2.28. The molecule has 1 aliphatic rings. The van der Waals surface area contributed by atoms with Gasteiger partial charge in [0, 0.05) is 6.54 Å². The molecule has 1 atom stereocenters. The molecule has 0 amide bonds. The van der Waals surface area contributed by atoms with Crippen LogP contribution in [-0.2, 0) is 0 Å². The third-order valence-corrected chi connectivity index (χ3v) is 3.19. The van der Waals surface area contributed by atoms with Crippen LogP contribution in [0.1, 0.15) is 30.4 Å². The molecule has 0 spiro atoms. The van der Waals surface area contributed by atoms with Crippen LogP contribution in [0.15, 0.2) is 21.3 Å². The van der Waals surface area contributed by atoms with Crippen molar-refractivity contribution >= 4 is 0 Å². The molecule has 3 rings (SSSR count). The van der Waals surface area contributed by atoms with E-state index in [0.29, 0.717) is 11.7 Å². The number of rotatable bonds is 2. The predicted molar refractivity (Wildman–Crippen MR) is 61.6 cm³/mol. The van der Waals surface area contributed by atoms with E-state index in [1.807, 2.05) is 13.0 Å². The normalized spacial score (nSPS) is 20.6. The fourth-order valence-electron chi connectivity index (χ4n) is 2.19. The van der Waals surface area contributed by atoms with Crippen molar-refractivity contribution in [3.05, 3.63) is 24.0 Å². The molecule has 90 valence electrons. The first-order valence-electron chi connectivity index (χ1n) is 5.93. The first kappa shape index (κ1) is 10.5. The Bertz CT molecular complexity index is 497. The quantitative estimate of drug-likeness (QED) is 0.860. The molecule has 1 N–H and O–H groups in total. The van der Waals surface area contributed by atoms with E-state index >= 15 is 0 Å². The van der Waals surface area contributed by atoms with Crippen molar-refractivity contribution in [2.24, 2.45) is 0 Å². The smallest absolute Gasteiger partial charge is 0.231 e. The van der Waals surface area contributed by atoms with Crippen LogP contribution in [0.4, 0.5) is 0 Å². The Labute approximate surface area is 99.2 Å². The summed E-state index contributed by atoms with van der Waals surface area (Å²) in [6, 6.07) is 1.86. The average Bonchev–Trinajstić information content (AvgIpc) is 2.98. The van der Waals surface area contributed by atoms with Crippen molar-refractivity contribution in [2.75, 3.05) is 13.1 Å². The number of piperidine rings is 1. The number of aromatic nitrogens is 2. The monoisotopic (exact) mass is 233 g/mol. The Kier molecular flexibility index (Phi) is 2.68. The van der Waals surface area contributed by atoms with Gasteiger partial charge in [-0.15, -0.1) is 0 Å². The van der Waals surface area contributed by atoms with Crippen LogP contribution in [0.5, 0.6) is 0 Å². The number of hydrogen-bond acceptors (Lipinski definition) is 5. The minimum atomic E-state index is 0.345. The lowest BCUT2D eigenvalue weighted by atomic mass is 10.00. The third-order valence-electron chi connectivity index (χ3n) is 3.19. The standard InChI is InChI=1S/C12H15N3O2/c1-8-10(4-6-16-8)11-14-12(17-15-11)9-3-2-5-13-7-9/h4,6,9,13H,2-3,5,7H2,1H3/t9-/m1/s1. The first-order valence-corrected chi connectivity index (χ1v) is 5.93. The van der Waals surface area contributed by atoms with Crippen molar-refractivity contribution in [1.82, 2.24) is 15.5 Å². The van der Waals surface area contributed by atoms with E-state index in [0.717, 1.165) is 43.1 Å². The molecule has 17 heavy (non-hydrogen) atoms. The molecule has 0 saturated carbocycles. The van der Waals surface area contributed by atoms with Crippen LogP contribution in [0.2, 0.25) is 0 Å². The van der Waals surface area contributed by atoms with E-state index in [-0.39, 0.29) is 0 Å². The molecule has 2 aromatic rings. The molecule has 0 bridgehead atoms. The van der Waals surface area contributed by atoms with E-state index in [2.05, 4.69) is 15.5 Å². The zero-order chi connectivity index (χ0) is 11.7. The number of aryl methyl sites for hydroxylation is 1. The van der Waals surface area contributed by atoms with Crippen LogP contribution in [-0.4, -0.2) is 23.2 Å². The van der Waals surface area contributed by atoms with E-state index in [9.17, 15) is 0 Å². The molecule has 1 fully saturated rings. The summed E-state index contributed by atoms with van der Waals surface area (Å²) in [5, 5.41) is 7.36. The molecular formula is C12H15N3O2. The fourth-order valence-corrected chi connectivity index (χ4v) is 2.19. The summed E-state index contributed by atoms with van der Waals surface area (Å²) < 4.78 is 10.6. The Hall–Kier alpha value is -1.62. The number of nitrogens with one attached hydrogen (secondary N) is 1. The number of nitrogens with zero attached hydrogens (tertiary/aromatic N) is 2. The summed E-state index contributed by atoms with van der Waals surface area (Å²) in [7, 11) is 0. The van der Waals surface area contributed by atoms with Crippen LogP contribution in [0.25, 0.3) is 11.4 Å². The minimum absolute atomic E-state index is 0.345. The largest absolute Gasteiger partial charge is 0.469 e. The number of furan rings is 1. The van der Waals surface area contributed by atoms with Crippen LogP contribution in [0, 0.1) is 6.92 Å². The zero-order valence-corrected chi connectivity index (χ0v) is 9.77. The molecule has 0 aromatic carbocycles. The van der Waals surface area contributed by atoms with Crippen molar-refractivity contribution in [1.29, 1.82) is 0 Å². The summed E-state index contributed by atoms with van der Waals surface area (Å²) in [4.78, 5) is 4.46. The Morgan fingerprint density at radius 3 is 3.12 bits per heavy atom. The summed E-state index contributed by atoms with van der Waals surface area (Å²) in [5.41, 5.74) is 0.906. The van der Waals surface area contributed by atoms with Gasteiger partial charge in [0.05, 0.1) is 17.7 Å². The van der Waals surface area contributed by atoms with Gasteiger partial charge < -0.3 is 14.3 Å². The molecular weight excluding hydrogens is 218 g/mol. The molecule has 5 heteroatoms. The van der Waals surface area contributed by atoms with Gasteiger partial charge in [0.2, 0.25) is 11.7 Å². The lowest BCUT2D eigenvalue weighted by molar-refractivity contribution is 0.322. The Balaban J connectivity index is 1.85. The van der Waals surface area contributed by atoms with Crippen molar-refractivity contribution in [3.63, 3.8) is 0 Å². The van der Waals surface area contributed by atoms with Gasteiger partial charge in [-0.3, -0.25) is 0 Å². The van der Waals surface area contributed by atoms with Gasteiger partial charge >= 0.3 is 0 Å². The van der Waals surface area contributed by atoms with Gasteiger partial charge in [0.25, 0.3) is 0 Å². The van der Waals surface area contributed by atoms with Crippen molar-refractivity contribution in [2.45, 2.75) is 25.7 Å². The topological polar surface area (TPSA) is 64.1 Å². The molecule has 2 aromatic heterocycles. The number of hydrogen-bond donors (Lipinski definition) is 1. The van der Waals surface area contributed by atoms with E-state index in [1.54, 1.807) is 6.26 Å². The van der Waals surface area contributed by atoms with Gasteiger partial charge in [-0.05, 0) is 32.4 Å². The van der Waals surface area contributed by atoms with Gasteiger partial charge in [-0.25, -0.2) is 0 Å². The first-order chi connectivity index (χ1) is 8.34. The van der Waals surface area contributed by atoms with Gasteiger partial charge in [-0.2, -0.15) is 4.98 Å². The van der Waals surface area contributed by atoms with E-state index < -0.39 is 0 Å². The van der Waals surface area contributed by atoms with Gasteiger partial charge in [-0.1, -0.05) is 5.16 Å². The molecule has 3 heterocycles. The molecule has 1 saturated heterocycles. The average molecular weight is 233 g/mol. The highest BCUT2D eigenvalue weighted by Gasteiger charge is 2.22. The predicted octanol–water partition coefficient (Wildman–Crippen LogP) is 2.11. The highest BCUT2D eigenvalue weighted by Crippen LogP contribution is 2.26. The van der Waals surface area contributed by atoms with Crippen molar-refractivity contribution in [3.8, 4) is 11.4 Å². The molecule has 1 aliphatic heterocycles. The van der Waals surface area contributed by atoms with Crippen LogP contribution in [0.3, 0.4) is 0 Å². The minimum Gasteiger partial charge on any atom is -0.469 e. The second-order valence-electron chi connectivity index (χ2n) is 4.39. The Morgan fingerprint density at radius 2 is 2.41 bits per heavy atom. The zero-order valence-electron chi connectivity index (χ0n) is 9.77. The second-order valence-corrected chi connectivity index (χ2v) is 4.39. The highest BCUT2D eigenvalue weighted by atomic mass is 16.5. The molecule has 0 radical (unpaired) electrons. The van der Waals surface area contributed by atoms with Gasteiger partial charge in [0.1, 0.15) is 5.76 Å². The second kappa shape index (κ2) is 4.33. The van der Waals surface area contributed by atoms with Gasteiger partial charge in [0.15, 0.2) is 0 Å². The maximum absolute atomic E-state index is 5.34. The SMILES string of the molecule is Cc1occc1-c1noc([C@@H]2CCCNC2)n1. The van der Waals surface area contributed by atoms with Crippen LogP contribution < -0.4 is 5.32 Å². The summed E-state index contributed by atoms with van der Waals surface area (Å²) in [6.45, 7) is 3.90. The molecule has 5 nitrogen and oxygen atoms in total. The van der Waals surface area contributed by atoms with Crippen LogP contribution >= 0.6 is 0 Å². The maximum atomic E-state index is 5.34. The molecule has 0 aliphatic carbocycles. The lowest BCUT2D eigenvalue weighted by Gasteiger charge is -2.18. The Morgan fingerprint density at radius 1 is 1.47 bits per heavy atom. The summed E-state index contributed by atoms with van der Waals surface area (Å²) in [6.07, 6.45) is 3.91. The summed E-state index contributed by atoms with van der Waals surface area (Å²) >= 11 is 0. The third kappa shape index (κ3) is 1.98. The fraction of sp³-hybridized carbons (Fsp3) is 0.500. The summed E-state index contributed by atoms with van der Waals surface area (Å²) in [5.74, 6) is 2.51. The van der Waals surface area contributed by atoms with Crippen molar-refractivity contribution < 1.29 is 8.94 Å². The van der Waals surface area contributed by atoms with E-state index in [4.69, 9.17) is 8.94 Å². The molecule has 0 unspecified atom stereocenters. The van der Waals surface area contributed by atoms with E-state index in [1.165, 1.54) is 0 Å².